The Kier molecular flexibility index (Phi) is 7.91. The van der Waals surface area contributed by atoms with E-state index in [4.69, 9.17) is 4.74 Å². The Bertz CT molecular complexity index is 745. The molecule has 27 heavy (non-hydrogen) atoms. The summed E-state index contributed by atoms with van der Waals surface area (Å²) in [6, 6.07) is 16.5. The van der Waals surface area contributed by atoms with E-state index in [1.165, 1.54) is 0 Å². The number of nitrogens with zero attached hydrogens (tertiary/aromatic N) is 1. The highest BCUT2D eigenvalue weighted by molar-refractivity contribution is 5.89. The first-order chi connectivity index (χ1) is 13.1. The number of rotatable bonds is 9. The minimum absolute atomic E-state index is 0.0380. The molecule has 0 saturated carbocycles. The summed E-state index contributed by atoms with van der Waals surface area (Å²) < 4.78 is 5.40. The van der Waals surface area contributed by atoms with Crippen LogP contribution in [0.4, 0.5) is 10.5 Å². The zero-order chi connectivity index (χ0) is 19.5. The van der Waals surface area contributed by atoms with Crippen molar-refractivity contribution in [2.75, 3.05) is 25.0 Å². The summed E-state index contributed by atoms with van der Waals surface area (Å²) in [5.74, 6) is 0.391. The van der Waals surface area contributed by atoms with Crippen LogP contribution in [0.2, 0.25) is 0 Å². The lowest BCUT2D eigenvalue weighted by Crippen LogP contribution is -2.34. The number of benzene rings is 2. The molecule has 0 saturated heterocycles. The number of hydrogen-bond acceptors (Lipinski definition) is 3. The Morgan fingerprint density at radius 1 is 1.11 bits per heavy atom. The molecule has 3 amide bonds. The van der Waals surface area contributed by atoms with Crippen molar-refractivity contribution >= 4 is 17.6 Å². The van der Waals surface area contributed by atoms with Crippen molar-refractivity contribution in [3.63, 3.8) is 0 Å². The summed E-state index contributed by atoms with van der Waals surface area (Å²) in [6.07, 6.45) is 1.70. The highest BCUT2D eigenvalue weighted by Crippen LogP contribution is 2.16. The standard InChI is InChI=1S/C21H25N3O3/c1-3-14-24(15-17-8-6-5-7-9-17)21(26)23-18-10-12-19(13-11-18)27-16-20(25)22-4-2/h3,5-13H,1,4,14-16H2,2H3,(H,22,25)(H,23,26). The van der Waals surface area contributed by atoms with Crippen LogP contribution in [0.3, 0.4) is 0 Å². The predicted molar refractivity (Wildman–Crippen MR) is 107 cm³/mol. The topological polar surface area (TPSA) is 70.7 Å². The van der Waals surface area contributed by atoms with Gasteiger partial charge in [0.05, 0.1) is 0 Å². The van der Waals surface area contributed by atoms with Crippen molar-refractivity contribution in [1.82, 2.24) is 10.2 Å². The second-order valence-corrected chi connectivity index (χ2v) is 5.85. The highest BCUT2D eigenvalue weighted by Gasteiger charge is 2.13. The lowest BCUT2D eigenvalue weighted by atomic mass is 10.2. The van der Waals surface area contributed by atoms with E-state index in [2.05, 4.69) is 17.2 Å². The van der Waals surface area contributed by atoms with Crippen molar-refractivity contribution in [3.05, 3.63) is 72.8 Å². The quantitative estimate of drug-likeness (QED) is 0.667. The van der Waals surface area contributed by atoms with Crippen molar-refractivity contribution in [3.8, 4) is 5.75 Å². The van der Waals surface area contributed by atoms with Crippen LogP contribution in [0.15, 0.2) is 67.3 Å². The van der Waals surface area contributed by atoms with Crippen LogP contribution in [0.1, 0.15) is 12.5 Å². The van der Waals surface area contributed by atoms with Gasteiger partial charge in [-0.2, -0.15) is 0 Å². The van der Waals surface area contributed by atoms with E-state index < -0.39 is 0 Å². The Morgan fingerprint density at radius 2 is 1.81 bits per heavy atom. The molecule has 0 aliphatic carbocycles. The van der Waals surface area contributed by atoms with Gasteiger partial charge < -0.3 is 20.3 Å². The van der Waals surface area contributed by atoms with Crippen LogP contribution >= 0.6 is 0 Å². The van der Waals surface area contributed by atoms with Gasteiger partial charge in [-0.05, 0) is 36.8 Å². The third-order valence-corrected chi connectivity index (χ3v) is 3.70. The third-order valence-electron chi connectivity index (χ3n) is 3.70. The molecule has 0 atom stereocenters. The molecular formula is C21H25N3O3. The van der Waals surface area contributed by atoms with E-state index in [0.29, 0.717) is 31.1 Å². The van der Waals surface area contributed by atoms with Gasteiger partial charge in [0.15, 0.2) is 6.61 Å². The minimum Gasteiger partial charge on any atom is -0.484 e. The number of carbonyl (C=O) groups excluding carboxylic acids is 2. The average molecular weight is 367 g/mol. The number of urea groups is 1. The maximum absolute atomic E-state index is 12.6. The first kappa shape index (κ1) is 20.0. The molecule has 0 spiro atoms. The monoisotopic (exact) mass is 367 g/mol. The zero-order valence-corrected chi connectivity index (χ0v) is 15.5. The zero-order valence-electron chi connectivity index (χ0n) is 15.5. The molecule has 2 aromatic rings. The molecule has 0 aliphatic rings. The Balaban J connectivity index is 1.92. The van der Waals surface area contributed by atoms with E-state index in [1.54, 1.807) is 35.2 Å². The summed E-state index contributed by atoms with van der Waals surface area (Å²) in [5.41, 5.74) is 1.69. The fraction of sp³-hybridized carbons (Fsp3) is 0.238. The molecule has 2 N–H and O–H groups in total. The molecule has 0 aliphatic heterocycles. The third kappa shape index (κ3) is 6.86. The number of nitrogens with one attached hydrogen (secondary N) is 2. The maximum atomic E-state index is 12.6. The number of carbonyl (C=O) groups is 2. The molecule has 6 heteroatoms. The van der Waals surface area contributed by atoms with Gasteiger partial charge in [-0.25, -0.2) is 4.79 Å². The fourth-order valence-corrected chi connectivity index (χ4v) is 2.41. The Hall–Kier alpha value is -3.28. The van der Waals surface area contributed by atoms with Gasteiger partial charge >= 0.3 is 6.03 Å². The molecule has 2 aromatic carbocycles. The summed E-state index contributed by atoms with van der Waals surface area (Å²) >= 11 is 0. The Labute approximate surface area is 159 Å². The molecule has 0 fully saturated rings. The van der Waals surface area contributed by atoms with Gasteiger partial charge in [0, 0.05) is 25.3 Å². The second-order valence-electron chi connectivity index (χ2n) is 5.85. The average Bonchev–Trinajstić information content (AvgIpc) is 2.68. The Morgan fingerprint density at radius 3 is 2.44 bits per heavy atom. The summed E-state index contributed by atoms with van der Waals surface area (Å²) in [7, 11) is 0. The lowest BCUT2D eigenvalue weighted by Gasteiger charge is -2.22. The molecule has 0 aromatic heterocycles. The summed E-state index contributed by atoms with van der Waals surface area (Å²) in [5, 5.41) is 5.53. The molecule has 0 bridgehead atoms. The van der Waals surface area contributed by atoms with E-state index in [0.717, 1.165) is 5.56 Å². The van der Waals surface area contributed by atoms with Crippen LogP contribution in [-0.4, -0.2) is 36.5 Å². The van der Waals surface area contributed by atoms with Crippen molar-refractivity contribution in [1.29, 1.82) is 0 Å². The van der Waals surface area contributed by atoms with Crippen LogP contribution in [0.5, 0.6) is 5.75 Å². The minimum atomic E-state index is -0.213. The van der Waals surface area contributed by atoms with Gasteiger partial charge in [0.1, 0.15) is 5.75 Å². The van der Waals surface area contributed by atoms with Gasteiger partial charge in [-0.3, -0.25) is 4.79 Å². The summed E-state index contributed by atoms with van der Waals surface area (Å²) in [6.45, 7) is 7.03. The number of amides is 3. The number of anilines is 1. The molecule has 0 heterocycles. The molecule has 0 radical (unpaired) electrons. The van der Waals surface area contributed by atoms with Gasteiger partial charge in [-0.15, -0.1) is 6.58 Å². The van der Waals surface area contributed by atoms with Crippen molar-refractivity contribution < 1.29 is 14.3 Å². The number of hydrogen-bond donors (Lipinski definition) is 2. The first-order valence-electron chi connectivity index (χ1n) is 8.82. The van der Waals surface area contributed by atoms with E-state index in [1.807, 2.05) is 37.3 Å². The summed E-state index contributed by atoms with van der Waals surface area (Å²) in [4.78, 5) is 25.6. The van der Waals surface area contributed by atoms with Gasteiger partial charge in [0.2, 0.25) is 0 Å². The molecular weight excluding hydrogens is 342 g/mol. The smallest absolute Gasteiger partial charge is 0.322 e. The lowest BCUT2D eigenvalue weighted by molar-refractivity contribution is -0.122. The number of likely N-dealkylation sites (N-methyl/N-ethyl adjacent to an activating group) is 1. The SMILES string of the molecule is C=CCN(Cc1ccccc1)C(=O)Nc1ccc(OCC(=O)NCC)cc1. The largest absolute Gasteiger partial charge is 0.484 e. The molecule has 0 unspecified atom stereocenters. The van der Waals surface area contributed by atoms with Crippen molar-refractivity contribution in [2.24, 2.45) is 0 Å². The van der Waals surface area contributed by atoms with Crippen LogP contribution < -0.4 is 15.4 Å². The van der Waals surface area contributed by atoms with Crippen LogP contribution in [-0.2, 0) is 11.3 Å². The van der Waals surface area contributed by atoms with Gasteiger partial charge in [0.25, 0.3) is 5.91 Å². The first-order valence-corrected chi connectivity index (χ1v) is 8.82. The van der Waals surface area contributed by atoms with E-state index in [9.17, 15) is 9.59 Å². The highest BCUT2D eigenvalue weighted by atomic mass is 16.5. The van der Waals surface area contributed by atoms with E-state index in [-0.39, 0.29) is 18.5 Å². The van der Waals surface area contributed by atoms with Crippen molar-refractivity contribution in [2.45, 2.75) is 13.5 Å². The van der Waals surface area contributed by atoms with Crippen LogP contribution in [0.25, 0.3) is 0 Å². The molecule has 2 rings (SSSR count). The normalized spacial score (nSPS) is 9.96. The molecule has 6 nitrogen and oxygen atoms in total. The van der Waals surface area contributed by atoms with E-state index >= 15 is 0 Å². The van der Waals surface area contributed by atoms with Crippen LogP contribution in [0, 0.1) is 0 Å². The van der Waals surface area contributed by atoms with Gasteiger partial charge in [-0.1, -0.05) is 36.4 Å². The fourth-order valence-electron chi connectivity index (χ4n) is 2.41. The predicted octanol–water partition coefficient (Wildman–Crippen LogP) is 3.42. The maximum Gasteiger partial charge on any atom is 0.322 e. The number of ether oxygens (including phenoxy) is 1. The molecule has 142 valence electrons. The second kappa shape index (κ2) is 10.7.